The van der Waals surface area contributed by atoms with Gasteiger partial charge in [-0.2, -0.15) is 0 Å². The highest BCUT2D eigenvalue weighted by atomic mass is 127. The second-order valence-corrected chi connectivity index (χ2v) is 4.56. The maximum absolute atomic E-state index is 11.7. The van der Waals surface area contributed by atoms with E-state index in [2.05, 4.69) is 27.9 Å². The average Bonchev–Trinajstić information content (AvgIpc) is 2.32. The summed E-state index contributed by atoms with van der Waals surface area (Å²) >= 11 is 2.13. The molecule has 0 radical (unpaired) electrons. The van der Waals surface area contributed by atoms with Gasteiger partial charge in [0.2, 0.25) is 5.91 Å². The molecule has 1 amide bonds. The number of anilines is 1. The van der Waals surface area contributed by atoms with Gasteiger partial charge in [0.05, 0.1) is 19.4 Å². The van der Waals surface area contributed by atoms with Crippen molar-refractivity contribution in [2.24, 2.45) is 5.73 Å². The lowest BCUT2D eigenvalue weighted by atomic mass is 10.2. The molecule has 0 aromatic heterocycles. The molecule has 1 unspecified atom stereocenters. The summed E-state index contributed by atoms with van der Waals surface area (Å²) in [5.41, 5.74) is 6.31. The minimum Gasteiger partial charge on any atom is -0.497 e. The number of halogens is 1. The first-order chi connectivity index (χ1) is 8.08. The van der Waals surface area contributed by atoms with E-state index in [-0.39, 0.29) is 12.5 Å². The number of nitrogens with two attached hydrogens (primary N) is 1. The van der Waals surface area contributed by atoms with Crippen LogP contribution < -0.4 is 15.8 Å². The van der Waals surface area contributed by atoms with Crippen LogP contribution in [0.1, 0.15) is 0 Å². The number of amides is 1. The summed E-state index contributed by atoms with van der Waals surface area (Å²) in [4.78, 5) is 11.7. The molecule has 94 valence electrons. The van der Waals surface area contributed by atoms with Crippen molar-refractivity contribution in [1.29, 1.82) is 0 Å². The van der Waals surface area contributed by atoms with Crippen molar-refractivity contribution in [3.63, 3.8) is 0 Å². The fourth-order valence-electron chi connectivity index (χ4n) is 1.21. The molecule has 0 spiro atoms. The molecule has 1 rings (SSSR count). The predicted octanol–water partition coefficient (Wildman–Crippen LogP) is 1.21. The maximum Gasteiger partial charge on any atom is 0.243 e. The fourth-order valence-corrected chi connectivity index (χ4v) is 1.68. The summed E-state index contributed by atoms with van der Waals surface area (Å²) in [5, 5.41) is 2.74. The van der Waals surface area contributed by atoms with Gasteiger partial charge in [-0.25, -0.2) is 0 Å². The van der Waals surface area contributed by atoms with Crippen LogP contribution in [0.5, 0.6) is 5.75 Å². The largest absolute Gasteiger partial charge is 0.497 e. The third-order valence-electron chi connectivity index (χ3n) is 2.11. The highest BCUT2D eigenvalue weighted by molar-refractivity contribution is 14.1. The lowest BCUT2D eigenvalue weighted by Gasteiger charge is -2.13. The number of methoxy groups -OCH3 is 2. The zero-order valence-electron chi connectivity index (χ0n) is 9.70. The minimum absolute atomic E-state index is 0.187. The molecule has 0 saturated heterocycles. The number of ether oxygens (including phenoxy) is 2. The zero-order valence-corrected chi connectivity index (χ0v) is 11.9. The summed E-state index contributed by atoms with van der Waals surface area (Å²) in [5.74, 6) is 0.402. The minimum atomic E-state index is -0.679. The Morgan fingerprint density at radius 3 is 2.82 bits per heavy atom. The average molecular weight is 350 g/mol. The molecule has 0 aliphatic carbocycles. The smallest absolute Gasteiger partial charge is 0.243 e. The Labute approximate surface area is 114 Å². The lowest BCUT2D eigenvalue weighted by Crippen LogP contribution is -2.39. The molecule has 0 saturated carbocycles. The lowest BCUT2D eigenvalue weighted by molar-refractivity contribution is -0.118. The molecule has 1 aromatic rings. The molecule has 1 aromatic carbocycles. The van der Waals surface area contributed by atoms with Crippen LogP contribution >= 0.6 is 22.6 Å². The SMILES string of the molecule is COCC(N)C(=O)Nc1cc(OC)ccc1I. The summed E-state index contributed by atoms with van der Waals surface area (Å²) in [7, 11) is 3.08. The normalized spacial score (nSPS) is 12.0. The number of rotatable bonds is 5. The molecule has 1 atom stereocenters. The van der Waals surface area contributed by atoms with Gasteiger partial charge < -0.3 is 20.5 Å². The monoisotopic (exact) mass is 350 g/mol. The van der Waals surface area contributed by atoms with Crippen LogP contribution in [0.4, 0.5) is 5.69 Å². The summed E-state index contributed by atoms with van der Waals surface area (Å²) in [6, 6.07) is 4.75. The zero-order chi connectivity index (χ0) is 12.8. The van der Waals surface area contributed by atoms with Crippen LogP contribution in [0.15, 0.2) is 18.2 Å². The summed E-state index contributed by atoms with van der Waals surface area (Å²) in [6.45, 7) is 0.187. The third-order valence-corrected chi connectivity index (χ3v) is 3.06. The Morgan fingerprint density at radius 2 is 2.24 bits per heavy atom. The molecule has 0 bridgehead atoms. The van der Waals surface area contributed by atoms with E-state index in [9.17, 15) is 4.79 Å². The molecule has 0 aliphatic rings. The number of hydrogen-bond donors (Lipinski definition) is 2. The number of hydrogen-bond acceptors (Lipinski definition) is 4. The van der Waals surface area contributed by atoms with Crippen LogP contribution in [0.25, 0.3) is 0 Å². The molecule has 5 nitrogen and oxygen atoms in total. The van der Waals surface area contributed by atoms with Crippen molar-refractivity contribution in [3.05, 3.63) is 21.8 Å². The van der Waals surface area contributed by atoms with Crippen molar-refractivity contribution >= 4 is 34.2 Å². The van der Waals surface area contributed by atoms with Gasteiger partial charge in [0.1, 0.15) is 11.8 Å². The van der Waals surface area contributed by atoms with Gasteiger partial charge in [0.25, 0.3) is 0 Å². The van der Waals surface area contributed by atoms with Crippen LogP contribution in [0.3, 0.4) is 0 Å². The maximum atomic E-state index is 11.7. The second-order valence-electron chi connectivity index (χ2n) is 3.40. The Morgan fingerprint density at radius 1 is 1.53 bits per heavy atom. The van der Waals surface area contributed by atoms with Gasteiger partial charge in [-0.05, 0) is 34.7 Å². The number of nitrogens with one attached hydrogen (secondary N) is 1. The first-order valence-corrected chi connectivity index (χ1v) is 6.05. The van der Waals surface area contributed by atoms with Crippen molar-refractivity contribution in [2.75, 3.05) is 26.1 Å². The van der Waals surface area contributed by atoms with E-state index >= 15 is 0 Å². The van der Waals surface area contributed by atoms with Crippen LogP contribution in [0.2, 0.25) is 0 Å². The molecule has 3 N–H and O–H groups in total. The van der Waals surface area contributed by atoms with Crippen LogP contribution in [0, 0.1) is 3.57 Å². The summed E-state index contributed by atoms with van der Waals surface area (Å²) in [6.07, 6.45) is 0. The molecular weight excluding hydrogens is 335 g/mol. The Balaban J connectivity index is 2.76. The van der Waals surface area contributed by atoms with E-state index in [1.165, 1.54) is 7.11 Å². The third kappa shape index (κ3) is 4.14. The standard InChI is InChI=1S/C11H15IN2O3/c1-16-6-9(13)11(15)14-10-5-7(17-2)3-4-8(10)12/h3-5,9H,6,13H2,1-2H3,(H,14,15). The topological polar surface area (TPSA) is 73.6 Å². The molecule has 0 aliphatic heterocycles. The van der Waals surface area contributed by atoms with Gasteiger partial charge in [-0.15, -0.1) is 0 Å². The Bertz CT molecular complexity index is 398. The molecular formula is C11H15IN2O3. The van der Waals surface area contributed by atoms with E-state index < -0.39 is 6.04 Å². The van der Waals surface area contributed by atoms with Crippen molar-refractivity contribution < 1.29 is 14.3 Å². The highest BCUT2D eigenvalue weighted by Crippen LogP contribution is 2.23. The van der Waals surface area contributed by atoms with Gasteiger partial charge in [0.15, 0.2) is 0 Å². The fraction of sp³-hybridized carbons (Fsp3) is 0.364. The summed E-state index contributed by atoms with van der Waals surface area (Å²) < 4.78 is 10.8. The molecule has 6 heteroatoms. The molecule has 0 fully saturated rings. The van der Waals surface area contributed by atoms with E-state index in [0.29, 0.717) is 11.4 Å². The molecule has 0 heterocycles. The first kappa shape index (κ1) is 14.2. The number of benzene rings is 1. The van der Waals surface area contributed by atoms with Crippen LogP contribution in [-0.4, -0.2) is 32.8 Å². The predicted molar refractivity (Wildman–Crippen MR) is 74.2 cm³/mol. The second kappa shape index (κ2) is 6.77. The first-order valence-electron chi connectivity index (χ1n) is 4.97. The van der Waals surface area contributed by atoms with E-state index in [1.807, 2.05) is 12.1 Å². The van der Waals surface area contributed by atoms with Crippen molar-refractivity contribution in [1.82, 2.24) is 0 Å². The van der Waals surface area contributed by atoms with Gasteiger partial charge >= 0.3 is 0 Å². The van der Waals surface area contributed by atoms with Gasteiger partial charge in [-0.1, -0.05) is 0 Å². The Hall–Kier alpha value is -0.860. The number of carbonyl (C=O) groups is 1. The van der Waals surface area contributed by atoms with E-state index in [1.54, 1.807) is 13.2 Å². The van der Waals surface area contributed by atoms with Gasteiger partial charge in [0, 0.05) is 16.7 Å². The van der Waals surface area contributed by atoms with Crippen molar-refractivity contribution in [3.8, 4) is 5.75 Å². The van der Waals surface area contributed by atoms with Crippen molar-refractivity contribution in [2.45, 2.75) is 6.04 Å². The number of carbonyl (C=O) groups excluding carboxylic acids is 1. The highest BCUT2D eigenvalue weighted by Gasteiger charge is 2.14. The Kier molecular flexibility index (Phi) is 5.66. The van der Waals surface area contributed by atoms with Crippen LogP contribution in [-0.2, 0) is 9.53 Å². The van der Waals surface area contributed by atoms with Gasteiger partial charge in [-0.3, -0.25) is 4.79 Å². The van der Waals surface area contributed by atoms with E-state index in [0.717, 1.165) is 3.57 Å². The van der Waals surface area contributed by atoms with E-state index in [4.69, 9.17) is 15.2 Å². The quantitative estimate of drug-likeness (QED) is 0.783. The molecule has 17 heavy (non-hydrogen) atoms.